The maximum atomic E-state index is 12.5. The van der Waals surface area contributed by atoms with E-state index >= 15 is 0 Å². The van der Waals surface area contributed by atoms with Crippen molar-refractivity contribution in [3.63, 3.8) is 0 Å². The summed E-state index contributed by atoms with van der Waals surface area (Å²) in [6, 6.07) is 20.8. The SMILES string of the molecule is O=C(Nc1ccc2ccccc2c1)c1cccc(NC(=O)C2CC2)c1. The van der Waals surface area contributed by atoms with Crippen LogP contribution >= 0.6 is 0 Å². The predicted molar refractivity (Wildman–Crippen MR) is 99.7 cm³/mol. The van der Waals surface area contributed by atoms with Gasteiger partial charge in [-0.15, -0.1) is 0 Å². The normalized spacial score (nSPS) is 13.4. The summed E-state index contributed by atoms with van der Waals surface area (Å²) in [5, 5.41) is 7.99. The summed E-state index contributed by atoms with van der Waals surface area (Å²) in [6.07, 6.45) is 1.90. The fourth-order valence-corrected chi connectivity index (χ4v) is 2.80. The highest BCUT2D eigenvalue weighted by Crippen LogP contribution is 2.30. The molecule has 2 N–H and O–H groups in total. The molecule has 0 aromatic heterocycles. The minimum absolute atomic E-state index is 0.0343. The van der Waals surface area contributed by atoms with Crippen molar-refractivity contribution in [3.05, 3.63) is 72.3 Å². The van der Waals surface area contributed by atoms with Crippen LogP contribution in [0.5, 0.6) is 0 Å². The van der Waals surface area contributed by atoms with E-state index in [1.165, 1.54) is 0 Å². The fourth-order valence-electron chi connectivity index (χ4n) is 2.80. The molecule has 4 heteroatoms. The van der Waals surface area contributed by atoms with Crippen molar-refractivity contribution in [2.75, 3.05) is 10.6 Å². The molecule has 0 aliphatic heterocycles. The van der Waals surface area contributed by atoms with E-state index in [4.69, 9.17) is 0 Å². The lowest BCUT2D eigenvalue weighted by atomic mass is 10.1. The van der Waals surface area contributed by atoms with Crippen LogP contribution in [0.2, 0.25) is 0 Å². The highest BCUT2D eigenvalue weighted by molar-refractivity contribution is 6.06. The number of carbonyl (C=O) groups is 2. The van der Waals surface area contributed by atoms with Crippen molar-refractivity contribution < 1.29 is 9.59 Å². The third-order valence-corrected chi connectivity index (χ3v) is 4.35. The van der Waals surface area contributed by atoms with Crippen LogP contribution in [0.4, 0.5) is 11.4 Å². The van der Waals surface area contributed by atoms with Crippen LogP contribution in [0.25, 0.3) is 10.8 Å². The highest BCUT2D eigenvalue weighted by atomic mass is 16.2. The molecule has 0 spiro atoms. The van der Waals surface area contributed by atoms with Gasteiger partial charge in [0.15, 0.2) is 0 Å². The molecule has 2 amide bonds. The van der Waals surface area contributed by atoms with Gasteiger partial charge in [-0.25, -0.2) is 0 Å². The van der Waals surface area contributed by atoms with Crippen molar-refractivity contribution >= 4 is 34.0 Å². The molecule has 0 bridgehead atoms. The Morgan fingerprint density at radius 1 is 0.760 bits per heavy atom. The molecule has 1 aliphatic carbocycles. The number of amides is 2. The Kier molecular flexibility index (Phi) is 3.94. The van der Waals surface area contributed by atoms with Gasteiger partial charge in [0.05, 0.1) is 0 Å². The van der Waals surface area contributed by atoms with Gasteiger partial charge in [-0.1, -0.05) is 36.4 Å². The Morgan fingerprint density at radius 3 is 2.32 bits per heavy atom. The molecule has 0 heterocycles. The second kappa shape index (κ2) is 6.40. The molecular formula is C21H18N2O2. The number of anilines is 2. The monoisotopic (exact) mass is 330 g/mol. The van der Waals surface area contributed by atoms with Gasteiger partial charge in [0, 0.05) is 22.9 Å². The number of benzene rings is 3. The van der Waals surface area contributed by atoms with E-state index in [0.717, 1.165) is 29.3 Å². The molecule has 0 radical (unpaired) electrons. The van der Waals surface area contributed by atoms with Crippen molar-refractivity contribution in [1.29, 1.82) is 0 Å². The number of carbonyl (C=O) groups excluding carboxylic acids is 2. The third-order valence-electron chi connectivity index (χ3n) is 4.35. The van der Waals surface area contributed by atoms with E-state index in [1.54, 1.807) is 24.3 Å². The predicted octanol–water partition coefficient (Wildman–Crippen LogP) is 4.44. The van der Waals surface area contributed by atoms with Gasteiger partial charge in [-0.05, 0) is 53.9 Å². The van der Waals surface area contributed by atoms with E-state index in [-0.39, 0.29) is 17.7 Å². The Labute approximate surface area is 145 Å². The van der Waals surface area contributed by atoms with Crippen molar-refractivity contribution in [2.24, 2.45) is 5.92 Å². The van der Waals surface area contributed by atoms with E-state index in [9.17, 15) is 9.59 Å². The fraction of sp³-hybridized carbons (Fsp3) is 0.143. The van der Waals surface area contributed by atoms with E-state index in [0.29, 0.717) is 11.3 Å². The average Bonchev–Trinajstić information content (AvgIpc) is 3.47. The quantitative estimate of drug-likeness (QED) is 0.743. The van der Waals surface area contributed by atoms with Gasteiger partial charge in [0.25, 0.3) is 5.91 Å². The molecule has 25 heavy (non-hydrogen) atoms. The van der Waals surface area contributed by atoms with E-state index < -0.39 is 0 Å². The number of hydrogen-bond donors (Lipinski definition) is 2. The van der Waals surface area contributed by atoms with Crippen LogP contribution in [-0.4, -0.2) is 11.8 Å². The molecule has 3 aromatic carbocycles. The molecule has 3 aromatic rings. The number of nitrogens with one attached hydrogen (secondary N) is 2. The summed E-state index contributed by atoms with van der Waals surface area (Å²) in [6.45, 7) is 0. The molecule has 0 atom stereocenters. The van der Waals surface area contributed by atoms with Gasteiger partial charge >= 0.3 is 0 Å². The minimum atomic E-state index is -0.196. The summed E-state index contributed by atoms with van der Waals surface area (Å²) in [7, 11) is 0. The van der Waals surface area contributed by atoms with Gasteiger partial charge in [-0.3, -0.25) is 9.59 Å². The zero-order valence-electron chi connectivity index (χ0n) is 13.7. The zero-order chi connectivity index (χ0) is 17.2. The van der Waals surface area contributed by atoms with Gasteiger partial charge in [0.1, 0.15) is 0 Å². The Morgan fingerprint density at radius 2 is 1.52 bits per heavy atom. The molecule has 0 unspecified atom stereocenters. The summed E-state index contributed by atoms with van der Waals surface area (Å²) in [5.74, 6) is -0.0278. The van der Waals surface area contributed by atoms with Gasteiger partial charge in [-0.2, -0.15) is 0 Å². The van der Waals surface area contributed by atoms with Crippen LogP contribution in [0.3, 0.4) is 0 Å². The first-order valence-corrected chi connectivity index (χ1v) is 8.40. The van der Waals surface area contributed by atoms with E-state index in [2.05, 4.69) is 10.6 Å². The summed E-state index contributed by atoms with van der Waals surface area (Å²) >= 11 is 0. The molecule has 1 saturated carbocycles. The van der Waals surface area contributed by atoms with Crippen molar-refractivity contribution in [1.82, 2.24) is 0 Å². The molecule has 4 rings (SSSR count). The molecular weight excluding hydrogens is 312 g/mol. The Bertz CT molecular complexity index is 961. The van der Waals surface area contributed by atoms with Gasteiger partial charge in [0.2, 0.25) is 5.91 Å². The first kappa shape index (κ1) is 15.4. The lowest BCUT2D eigenvalue weighted by Gasteiger charge is -2.09. The van der Waals surface area contributed by atoms with E-state index in [1.807, 2.05) is 42.5 Å². The van der Waals surface area contributed by atoms with Crippen LogP contribution in [0.15, 0.2) is 66.7 Å². The first-order valence-electron chi connectivity index (χ1n) is 8.40. The summed E-state index contributed by atoms with van der Waals surface area (Å²) in [5.41, 5.74) is 1.92. The standard InChI is InChI=1S/C21H18N2O2/c24-20(15-8-9-15)22-18-7-3-6-17(13-18)21(25)23-19-11-10-14-4-1-2-5-16(14)12-19/h1-7,10-13,15H,8-9H2,(H,22,24)(H,23,25). The minimum Gasteiger partial charge on any atom is -0.326 e. The zero-order valence-corrected chi connectivity index (χ0v) is 13.7. The maximum Gasteiger partial charge on any atom is 0.255 e. The van der Waals surface area contributed by atoms with Gasteiger partial charge < -0.3 is 10.6 Å². The third kappa shape index (κ3) is 3.53. The first-order chi connectivity index (χ1) is 12.2. The van der Waals surface area contributed by atoms with Crippen LogP contribution in [-0.2, 0) is 4.79 Å². The van der Waals surface area contributed by atoms with Crippen molar-refractivity contribution in [2.45, 2.75) is 12.8 Å². The number of fused-ring (bicyclic) bond motifs is 1. The maximum absolute atomic E-state index is 12.5. The Hall–Kier alpha value is -3.14. The molecule has 1 fully saturated rings. The molecule has 124 valence electrons. The molecule has 0 saturated heterocycles. The topological polar surface area (TPSA) is 58.2 Å². The summed E-state index contributed by atoms with van der Waals surface area (Å²) in [4.78, 5) is 24.4. The largest absolute Gasteiger partial charge is 0.326 e. The smallest absolute Gasteiger partial charge is 0.255 e. The lowest BCUT2D eigenvalue weighted by Crippen LogP contribution is -2.15. The van der Waals surface area contributed by atoms with Crippen molar-refractivity contribution in [3.8, 4) is 0 Å². The van der Waals surface area contributed by atoms with Crippen LogP contribution in [0, 0.1) is 5.92 Å². The molecule has 1 aliphatic rings. The number of rotatable bonds is 4. The van der Waals surface area contributed by atoms with Crippen LogP contribution < -0.4 is 10.6 Å². The lowest BCUT2D eigenvalue weighted by molar-refractivity contribution is -0.117. The highest BCUT2D eigenvalue weighted by Gasteiger charge is 2.29. The Balaban J connectivity index is 1.50. The number of hydrogen-bond acceptors (Lipinski definition) is 2. The summed E-state index contributed by atoms with van der Waals surface area (Å²) < 4.78 is 0. The van der Waals surface area contributed by atoms with Crippen LogP contribution in [0.1, 0.15) is 23.2 Å². The second-order valence-corrected chi connectivity index (χ2v) is 6.36. The second-order valence-electron chi connectivity index (χ2n) is 6.36. The molecule has 4 nitrogen and oxygen atoms in total. The average molecular weight is 330 g/mol.